The lowest BCUT2D eigenvalue weighted by Crippen LogP contribution is -2.31. The molecule has 134 valence electrons. The summed E-state index contributed by atoms with van der Waals surface area (Å²) in [6, 6.07) is 3.61. The highest BCUT2D eigenvalue weighted by molar-refractivity contribution is 5.93. The number of aromatic nitrogens is 2. The van der Waals surface area contributed by atoms with E-state index in [-0.39, 0.29) is 17.3 Å². The van der Waals surface area contributed by atoms with E-state index in [0.717, 1.165) is 42.9 Å². The van der Waals surface area contributed by atoms with Gasteiger partial charge in [-0.25, -0.2) is 13.5 Å². The Labute approximate surface area is 145 Å². The van der Waals surface area contributed by atoms with Gasteiger partial charge in [0.15, 0.2) is 17.3 Å². The molecule has 0 saturated carbocycles. The van der Waals surface area contributed by atoms with Crippen molar-refractivity contribution in [1.29, 1.82) is 0 Å². The Balaban J connectivity index is 1.71. The summed E-state index contributed by atoms with van der Waals surface area (Å²) in [6.07, 6.45) is 2.52. The zero-order valence-electron chi connectivity index (χ0n) is 14.4. The molecule has 0 spiro atoms. The van der Waals surface area contributed by atoms with Crippen LogP contribution in [0.1, 0.15) is 29.4 Å². The van der Waals surface area contributed by atoms with Gasteiger partial charge in [-0.2, -0.15) is 5.10 Å². The molecular weight excluding hydrogens is 326 g/mol. The van der Waals surface area contributed by atoms with E-state index < -0.39 is 11.6 Å². The normalized spacial score (nSPS) is 17.8. The first-order chi connectivity index (χ1) is 12.0. The molecule has 1 atom stereocenters. The van der Waals surface area contributed by atoms with Gasteiger partial charge >= 0.3 is 0 Å². The Morgan fingerprint density at radius 1 is 1.36 bits per heavy atom. The van der Waals surface area contributed by atoms with Gasteiger partial charge in [-0.1, -0.05) is 13.0 Å². The fraction of sp³-hybridized carbons (Fsp3) is 0.444. The van der Waals surface area contributed by atoms with E-state index >= 15 is 0 Å². The molecule has 7 heteroatoms. The topological polar surface area (TPSA) is 50.2 Å². The zero-order valence-corrected chi connectivity index (χ0v) is 14.4. The number of carbonyl (C=O) groups is 1. The summed E-state index contributed by atoms with van der Waals surface area (Å²) in [4.78, 5) is 14.7. The van der Waals surface area contributed by atoms with Gasteiger partial charge in [-0.3, -0.25) is 4.79 Å². The summed E-state index contributed by atoms with van der Waals surface area (Å²) in [6.45, 7) is 7.45. The van der Waals surface area contributed by atoms with Crippen LogP contribution in [0, 0.1) is 24.5 Å². The van der Waals surface area contributed by atoms with Gasteiger partial charge in [0.25, 0.3) is 5.91 Å². The molecule has 1 saturated heterocycles. The molecule has 1 aromatic carbocycles. The van der Waals surface area contributed by atoms with Crippen molar-refractivity contribution >= 4 is 5.91 Å². The lowest BCUT2D eigenvalue weighted by molar-refractivity contribution is 0.0941. The lowest BCUT2D eigenvalue weighted by Gasteiger charge is -2.13. The molecule has 1 aliphatic rings. The molecule has 1 fully saturated rings. The monoisotopic (exact) mass is 348 g/mol. The van der Waals surface area contributed by atoms with E-state index in [9.17, 15) is 13.6 Å². The highest BCUT2D eigenvalue weighted by atomic mass is 19.1. The average Bonchev–Trinajstić information content (AvgIpc) is 3.19. The highest BCUT2D eigenvalue weighted by Crippen LogP contribution is 2.19. The van der Waals surface area contributed by atoms with E-state index in [4.69, 9.17) is 0 Å². The van der Waals surface area contributed by atoms with Crippen LogP contribution in [0.3, 0.4) is 0 Å². The summed E-state index contributed by atoms with van der Waals surface area (Å²) in [7, 11) is 0. The van der Waals surface area contributed by atoms with Crippen LogP contribution < -0.4 is 5.32 Å². The minimum absolute atomic E-state index is 0.188. The molecule has 1 amide bonds. The zero-order chi connectivity index (χ0) is 18.0. The second kappa shape index (κ2) is 7.31. The van der Waals surface area contributed by atoms with Crippen LogP contribution in [0.2, 0.25) is 0 Å². The number of amides is 1. The van der Waals surface area contributed by atoms with Gasteiger partial charge in [-0.05, 0) is 44.5 Å². The first-order valence-corrected chi connectivity index (χ1v) is 8.50. The molecule has 0 unspecified atom stereocenters. The number of hydrogen-bond donors (Lipinski definition) is 1. The van der Waals surface area contributed by atoms with Crippen LogP contribution >= 0.6 is 0 Å². The fourth-order valence-corrected chi connectivity index (χ4v) is 3.19. The van der Waals surface area contributed by atoms with Gasteiger partial charge in [0.05, 0.1) is 0 Å². The molecule has 2 heterocycles. The first-order valence-electron chi connectivity index (χ1n) is 8.50. The van der Waals surface area contributed by atoms with E-state index in [0.29, 0.717) is 18.0 Å². The summed E-state index contributed by atoms with van der Waals surface area (Å²) in [5, 5.41) is 6.98. The molecule has 0 aliphatic carbocycles. The van der Waals surface area contributed by atoms with Gasteiger partial charge in [0.2, 0.25) is 0 Å². The van der Waals surface area contributed by atoms with E-state index in [1.165, 1.54) is 12.3 Å². The van der Waals surface area contributed by atoms with Crippen LogP contribution in [-0.4, -0.2) is 46.8 Å². The van der Waals surface area contributed by atoms with Crippen molar-refractivity contribution in [3.63, 3.8) is 0 Å². The number of benzene rings is 1. The molecule has 5 nitrogen and oxygen atoms in total. The SMILES string of the molecule is CCN1CC[C@H](CNC(=O)c2nn(-c3c(F)cccc3F)cc2C)C1. The Morgan fingerprint density at radius 3 is 2.72 bits per heavy atom. The number of hydrogen-bond acceptors (Lipinski definition) is 3. The minimum Gasteiger partial charge on any atom is -0.350 e. The smallest absolute Gasteiger partial charge is 0.272 e. The molecule has 1 aliphatic heterocycles. The predicted molar refractivity (Wildman–Crippen MR) is 90.8 cm³/mol. The van der Waals surface area contributed by atoms with Crippen LogP contribution in [-0.2, 0) is 0 Å². The second-order valence-electron chi connectivity index (χ2n) is 6.43. The number of carbonyl (C=O) groups excluding carboxylic acids is 1. The summed E-state index contributed by atoms with van der Waals surface area (Å²) in [5.41, 5.74) is 0.480. The lowest BCUT2D eigenvalue weighted by atomic mass is 10.1. The van der Waals surface area contributed by atoms with Gasteiger partial charge in [-0.15, -0.1) is 0 Å². The molecule has 25 heavy (non-hydrogen) atoms. The highest BCUT2D eigenvalue weighted by Gasteiger charge is 2.23. The average molecular weight is 348 g/mol. The van der Waals surface area contributed by atoms with Crippen LogP contribution in [0.25, 0.3) is 5.69 Å². The fourth-order valence-electron chi connectivity index (χ4n) is 3.19. The van der Waals surface area contributed by atoms with Crippen molar-refractivity contribution in [2.75, 3.05) is 26.2 Å². The molecule has 1 N–H and O–H groups in total. The van der Waals surface area contributed by atoms with Crippen molar-refractivity contribution in [2.24, 2.45) is 5.92 Å². The number of rotatable bonds is 5. The third kappa shape index (κ3) is 3.71. The van der Waals surface area contributed by atoms with Crippen LogP contribution in [0.4, 0.5) is 8.78 Å². The Bertz CT molecular complexity index is 754. The molecule has 2 aromatic rings. The van der Waals surface area contributed by atoms with Crippen molar-refractivity contribution in [3.05, 3.63) is 47.3 Å². The van der Waals surface area contributed by atoms with E-state index in [1.54, 1.807) is 6.92 Å². The molecular formula is C18H22F2N4O. The second-order valence-corrected chi connectivity index (χ2v) is 6.43. The van der Waals surface area contributed by atoms with Crippen LogP contribution in [0.5, 0.6) is 0 Å². The number of likely N-dealkylation sites (tertiary alicyclic amines) is 1. The number of aryl methyl sites for hydroxylation is 1. The molecule has 0 bridgehead atoms. The van der Waals surface area contributed by atoms with E-state index in [1.807, 2.05) is 0 Å². The van der Waals surface area contributed by atoms with Gasteiger partial charge in [0, 0.05) is 24.8 Å². The van der Waals surface area contributed by atoms with Gasteiger partial charge in [0.1, 0.15) is 5.69 Å². The number of nitrogens with zero attached hydrogens (tertiary/aromatic N) is 3. The third-order valence-corrected chi connectivity index (χ3v) is 4.65. The Hall–Kier alpha value is -2.28. The summed E-state index contributed by atoms with van der Waals surface area (Å²) in [5.74, 6) is -1.33. The van der Waals surface area contributed by atoms with Crippen molar-refractivity contribution in [3.8, 4) is 5.69 Å². The predicted octanol–water partition coefficient (Wildman–Crippen LogP) is 2.53. The first kappa shape index (κ1) is 17.5. The standard InChI is InChI=1S/C18H22F2N4O/c1-3-23-8-7-13(11-23)9-21-18(25)16-12(2)10-24(22-16)17-14(19)5-4-6-15(17)20/h4-6,10,13H,3,7-9,11H2,1-2H3,(H,21,25)/t13-/m1/s1. The Kier molecular flexibility index (Phi) is 5.13. The largest absolute Gasteiger partial charge is 0.350 e. The molecule has 0 radical (unpaired) electrons. The maximum absolute atomic E-state index is 13.9. The molecule has 3 rings (SSSR count). The maximum Gasteiger partial charge on any atom is 0.272 e. The minimum atomic E-state index is -0.722. The number of nitrogens with one attached hydrogen (secondary N) is 1. The number of halogens is 2. The van der Waals surface area contributed by atoms with Crippen LogP contribution in [0.15, 0.2) is 24.4 Å². The van der Waals surface area contributed by atoms with Crippen molar-refractivity contribution in [1.82, 2.24) is 20.0 Å². The Morgan fingerprint density at radius 2 is 2.08 bits per heavy atom. The van der Waals surface area contributed by atoms with Gasteiger partial charge < -0.3 is 10.2 Å². The van der Waals surface area contributed by atoms with E-state index in [2.05, 4.69) is 22.2 Å². The number of para-hydroxylation sites is 1. The van der Waals surface area contributed by atoms with Crippen molar-refractivity contribution in [2.45, 2.75) is 20.3 Å². The quantitative estimate of drug-likeness (QED) is 0.903. The summed E-state index contributed by atoms with van der Waals surface area (Å²) >= 11 is 0. The third-order valence-electron chi connectivity index (χ3n) is 4.65. The molecule has 1 aromatic heterocycles. The summed E-state index contributed by atoms with van der Waals surface area (Å²) < 4.78 is 28.9. The maximum atomic E-state index is 13.9. The van der Waals surface area contributed by atoms with Crippen molar-refractivity contribution < 1.29 is 13.6 Å².